The van der Waals surface area contributed by atoms with Crippen LogP contribution < -0.4 is 5.56 Å². The molecule has 0 saturated heterocycles. The molecule has 0 fully saturated rings. The van der Waals surface area contributed by atoms with E-state index < -0.39 is 0 Å². The molecule has 5 heteroatoms. The van der Waals surface area contributed by atoms with Gasteiger partial charge in [0.2, 0.25) is 0 Å². The molecule has 0 spiro atoms. The molecule has 0 atom stereocenters. The Morgan fingerprint density at radius 1 is 1.03 bits per heavy atom. The number of pyridine rings is 1. The Bertz CT molecular complexity index is 1300. The van der Waals surface area contributed by atoms with E-state index in [4.69, 9.17) is 0 Å². The first-order valence-electron chi connectivity index (χ1n) is 9.55. The van der Waals surface area contributed by atoms with Crippen molar-refractivity contribution in [1.29, 1.82) is 0 Å². The smallest absolute Gasteiger partial charge is 0.251 e. The van der Waals surface area contributed by atoms with Gasteiger partial charge in [-0.1, -0.05) is 30.3 Å². The first-order valence-corrected chi connectivity index (χ1v) is 10.3. The molecule has 2 heterocycles. The number of hydrogen-bond donors (Lipinski definition) is 0. The second kappa shape index (κ2) is 7.48. The Kier molecular flexibility index (Phi) is 5.01. The highest BCUT2D eigenvalue weighted by molar-refractivity contribution is 9.10. The number of rotatable bonds is 4. The SMILES string of the molecule is CCn1c(=O)ccc2c(Br)c(-n3c(-c4ccccc4)cc(C(C)=O)c3C)ccc21. The summed E-state index contributed by atoms with van der Waals surface area (Å²) in [5.74, 6) is 0.0372. The highest BCUT2D eigenvalue weighted by Crippen LogP contribution is 2.36. The highest BCUT2D eigenvalue weighted by atomic mass is 79.9. The van der Waals surface area contributed by atoms with E-state index in [0.29, 0.717) is 12.1 Å². The van der Waals surface area contributed by atoms with Crippen molar-refractivity contribution in [1.82, 2.24) is 9.13 Å². The van der Waals surface area contributed by atoms with Crippen LogP contribution in [0.25, 0.3) is 27.8 Å². The largest absolute Gasteiger partial charge is 0.312 e. The zero-order chi connectivity index (χ0) is 20.7. The lowest BCUT2D eigenvalue weighted by Gasteiger charge is -2.17. The number of aromatic nitrogens is 2. The van der Waals surface area contributed by atoms with Gasteiger partial charge < -0.3 is 9.13 Å². The standard InChI is InChI=1S/C24H21BrN2O2/c1-4-26-20-11-12-21(24(25)18(20)10-13-23(26)29)27-15(2)19(16(3)28)14-22(27)17-8-6-5-7-9-17/h5-14H,4H2,1-3H3. The molecule has 0 N–H and O–H groups in total. The minimum absolute atomic E-state index is 0.0133. The van der Waals surface area contributed by atoms with Crippen LogP contribution in [0.3, 0.4) is 0 Å². The fourth-order valence-corrected chi connectivity index (χ4v) is 4.57. The summed E-state index contributed by atoms with van der Waals surface area (Å²) in [6.07, 6.45) is 0. The molecular formula is C24H21BrN2O2. The summed E-state index contributed by atoms with van der Waals surface area (Å²) in [6, 6.07) is 19.4. The van der Waals surface area contributed by atoms with Crippen LogP contribution in [-0.4, -0.2) is 14.9 Å². The predicted octanol–water partition coefficient (Wildman–Crippen LogP) is 5.75. The van der Waals surface area contributed by atoms with Crippen molar-refractivity contribution >= 4 is 32.6 Å². The number of Topliss-reactive ketones (excluding diaryl/α,β-unsaturated/α-hetero) is 1. The van der Waals surface area contributed by atoms with E-state index in [-0.39, 0.29) is 11.3 Å². The average Bonchev–Trinajstić information content (AvgIpc) is 3.06. The lowest BCUT2D eigenvalue weighted by atomic mass is 10.1. The van der Waals surface area contributed by atoms with E-state index in [0.717, 1.165) is 38.0 Å². The van der Waals surface area contributed by atoms with Gasteiger partial charge in [0.1, 0.15) is 0 Å². The van der Waals surface area contributed by atoms with Gasteiger partial charge in [0.15, 0.2) is 5.78 Å². The maximum atomic E-state index is 12.2. The molecule has 4 rings (SSSR count). The molecule has 146 valence electrons. The fourth-order valence-electron chi connectivity index (χ4n) is 3.92. The van der Waals surface area contributed by atoms with Crippen LogP contribution in [0.4, 0.5) is 0 Å². The molecule has 0 aliphatic carbocycles. The lowest BCUT2D eigenvalue weighted by Crippen LogP contribution is -2.18. The number of carbonyl (C=O) groups excluding carboxylic acids is 1. The van der Waals surface area contributed by atoms with Crippen molar-refractivity contribution in [3.63, 3.8) is 0 Å². The van der Waals surface area contributed by atoms with Crippen molar-refractivity contribution < 1.29 is 4.79 Å². The first-order chi connectivity index (χ1) is 13.9. The van der Waals surface area contributed by atoms with Gasteiger partial charge in [0.25, 0.3) is 5.56 Å². The maximum Gasteiger partial charge on any atom is 0.251 e. The quantitative estimate of drug-likeness (QED) is 0.372. The number of aryl methyl sites for hydroxylation is 1. The number of ketones is 1. The molecule has 0 unspecified atom stereocenters. The Morgan fingerprint density at radius 3 is 2.41 bits per heavy atom. The van der Waals surface area contributed by atoms with Crippen molar-refractivity contribution in [2.75, 3.05) is 0 Å². The summed E-state index contributed by atoms with van der Waals surface area (Å²) in [5, 5.41) is 0.959. The zero-order valence-corrected chi connectivity index (χ0v) is 18.2. The van der Waals surface area contributed by atoms with Crippen LogP contribution in [0.1, 0.15) is 29.9 Å². The molecule has 0 aliphatic heterocycles. The molecule has 2 aromatic heterocycles. The van der Waals surface area contributed by atoms with Gasteiger partial charge >= 0.3 is 0 Å². The Balaban J connectivity index is 2.06. The summed E-state index contributed by atoms with van der Waals surface area (Å²) in [5.41, 5.74) is 5.39. The van der Waals surface area contributed by atoms with Crippen LogP contribution in [0.2, 0.25) is 0 Å². The normalized spacial score (nSPS) is 11.2. The van der Waals surface area contributed by atoms with Crippen molar-refractivity contribution in [3.05, 3.63) is 86.7 Å². The number of halogens is 1. The number of nitrogens with zero attached hydrogens (tertiary/aromatic N) is 2. The van der Waals surface area contributed by atoms with Gasteiger partial charge in [-0.15, -0.1) is 0 Å². The summed E-state index contributed by atoms with van der Waals surface area (Å²) >= 11 is 3.77. The molecule has 0 amide bonds. The van der Waals surface area contributed by atoms with E-state index >= 15 is 0 Å². The van der Waals surface area contributed by atoms with Crippen LogP contribution >= 0.6 is 15.9 Å². The monoisotopic (exact) mass is 448 g/mol. The number of fused-ring (bicyclic) bond motifs is 1. The van der Waals surface area contributed by atoms with Gasteiger partial charge in [-0.25, -0.2) is 0 Å². The molecule has 4 nitrogen and oxygen atoms in total. The summed E-state index contributed by atoms with van der Waals surface area (Å²) in [4.78, 5) is 24.5. The molecule has 0 saturated carbocycles. The van der Waals surface area contributed by atoms with Crippen LogP contribution in [0.15, 0.2) is 69.9 Å². The Hall–Kier alpha value is -2.92. The second-order valence-electron chi connectivity index (χ2n) is 7.03. The average molecular weight is 449 g/mol. The van der Waals surface area contributed by atoms with E-state index in [9.17, 15) is 9.59 Å². The molecule has 0 radical (unpaired) electrons. The maximum absolute atomic E-state index is 12.2. The predicted molar refractivity (Wildman–Crippen MR) is 121 cm³/mol. The summed E-state index contributed by atoms with van der Waals surface area (Å²) in [7, 11) is 0. The van der Waals surface area contributed by atoms with Crippen LogP contribution in [-0.2, 0) is 6.54 Å². The summed E-state index contributed by atoms with van der Waals surface area (Å²) in [6.45, 7) is 6.13. The van der Waals surface area contributed by atoms with E-state index in [1.807, 2.05) is 68.4 Å². The van der Waals surface area contributed by atoms with E-state index in [1.165, 1.54) is 0 Å². The van der Waals surface area contributed by atoms with E-state index in [1.54, 1.807) is 17.6 Å². The lowest BCUT2D eigenvalue weighted by molar-refractivity contribution is 0.101. The Morgan fingerprint density at radius 2 is 1.76 bits per heavy atom. The molecule has 4 aromatic rings. The first kappa shape index (κ1) is 19.4. The van der Waals surface area contributed by atoms with Crippen molar-refractivity contribution in [2.24, 2.45) is 0 Å². The summed E-state index contributed by atoms with van der Waals surface area (Å²) < 4.78 is 4.76. The molecule has 2 aromatic carbocycles. The third kappa shape index (κ3) is 3.15. The number of hydrogen-bond acceptors (Lipinski definition) is 2. The van der Waals surface area contributed by atoms with Gasteiger partial charge in [-0.05, 0) is 66.5 Å². The van der Waals surface area contributed by atoms with Crippen molar-refractivity contribution in [2.45, 2.75) is 27.3 Å². The fraction of sp³-hybridized carbons (Fsp3) is 0.167. The number of benzene rings is 2. The number of carbonyl (C=O) groups is 1. The van der Waals surface area contributed by atoms with Crippen LogP contribution in [0.5, 0.6) is 0 Å². The third-order valence-electron chi connectivity index (χ3n) is 5.34. The zero-order valence-electron chi connectivity index (χ0n) is 16.6. The van der Waals surface area contributed by atoms with Crippen LogP contribution in [0, 0.1) is 6.92 Å². The van der Waals surface area contributed by atoms with Gasteiger partial charge in [-0.3, -0.25) is 9.59 Å². The molecule has 0 bridgehead atoms. The van der Waals surface area contributed by atoms with Gasteiger partial charge in [-0.2, -0.15) is 0 Å². The molecule has 29 heavy (non-hydrogen) atoms. The topological polar surface area (TPSA) is 44.0 Å². The third-order valence-corrected chi connectivity index (χ3v) is 6.17. The van der Waals surface area contributed by atoms with Gasteiger partial charge in [0.05, 0.1) is 21.4 Å². The Labute approximate surface area is 177 Å². The minimum atomic E-state index is -0.0133. The highest BCUT2D eigenvalue weighted by Gasteiger charge is 2.20. The van der Waals surface area contributed by atoms with Gasteiger partial charge in [0, 0.05) is 29.3 Å². The van der Waals surface area contributed by atoms with E-state index in [2.05, 4.69) is 20.5 Å². The molecule has 0 aliphatic rings. The minimum Gasteiger partial charge on any atom is -0.312 e. The van der Waals surface area contributed by atoms with Crippen molar-refractivity contribution in [3.8, 4) is 16.9 Å². The molecular weight excluding hydrogens is 428 g/mol. The second-order valence-corrected chi connectivity index (χ2v) is 7.83.